The molecule has 0 fully saturated rings. The minimum absolute atomic E-state index is 0.175. The highest BCUT2D eigenvalue weighted by Gasteiger charge is 2.34. The molecule has 0 radical (unpaired) electrons. The lowest BCUT2D eigenvalue weighted by molar-refractivity contribution is -0.276. The molecule has 0 amide bonds. The van der Waals surface area contributed by atoms with Gasteiger partial charge in [0.25, 0.3) is 5.88 Å². The van der Waals surface area contributed by atoms with Gasteiger partial charge in [0.15, 0.2) is 12.0 Å². The highest BCUT2D eigenvalue weighted by Crippen LogP contribution is 2.33. The minimum atomic E-state index is -4.97. The molecule has 0 saturated carbocycles. The Kier molecular flexibility index (Phi) is 3.87. The number of methoxy groups -OCH3 is 1. The molecule has 0 atom stereocenters. The maximum absolute atomic E-state index is 12.4. The van der Waals surface area contributed by atoms with Crippen molar-refractivity contribution in [1.29, 1.82) is 0 Å². The number of carbonyl (C=O) groups is 1. The fourth-order valence-electron chi connectivity index (χ4n) is 1.14. The van der Waals surface area contributed by atoms with Gasteiger partial charge >= 0.3 is 6.36 Å². The fourth-order valence-corrected chi connectivity index (χ4v) is 1.14. The van der Waals surface area contributed by atoms with Crippen LogP contribution in [0.1, 0.15) is 15.9 Å². The quantitative estimate of drug-likeness (QED) is 0.610. The van der Waals surface area contributed by atoms with Crippen LogP contribution in [0.5, 0.6) is 11.6 Å². The Hall–Kier alpha value is -1.86. The summed E-state index contributed by atoms with van der Waals surface area (Å²) in [5.41, 5.74) is -0.532. The lowest BCUT2D eigenvalue weighted by Gasteiger charge is -2.13. The predicted octanol–water partition coefficient (Wildman–Crippen LogP) is 2.27. The Morgan fingerprint density at radius 2 is 2.12 bits per heavy atom. The molecule has 94 valence electrons. The molecule has 1 rings (SSSR count). The first-order chi connectivity index (χ1) is 7.92. The molecule has 0 aliphatic rings. The Balaban J connectivity index is 3.28. The first-order valence-electron chi connectivity index (χ1n) is 4.25. The fraction of sp³-hybridized carbons (Fsp3) is 0.333. The van der Waals surface area contributed by atoms with Gasteiger partial charge in [0.1, 0.15) is 6.67 Å². The molecule has 0 aliphatic heterocycles. The molecule has 17 heavy (non-hydrogen) atoms. The number of aldehydes is 1. The monoisotopic (exact) mass is 253 g/mol. The number of rotatable bonds is 4. The number of nitrogens with zero attached hydrogens (tertiary/aromatic N) is 1. The number of aromatic nitrogens is 1. The number of pyridine rings is 1. The van der Waals surface area contributed by atoms with Crippen LogP contribution in [-0.2, 0) is 6.67 Å². The molecule has 1 aromatic heterocycles. The SMILES string of the molecule is COc1c(OC(F)(F)F)ncc(CF)c1C=O. The second-order valence-corrected chi connectivity index (χ2v) is 2.83. The lowest BCUT2D eigenvalue weighted by atomic mass is 10.1. The van der Waals surface area contributed by atoms with Crippen LogP contribution < -0.4 is 9.47 Å². The van der Waals surface area contributed by atoms with E-state index in [4.69, 9.17) is 0 Å². The topological polar surface area (TPSA) is 48.4 Å². The second kappa shape index (κ2) is 4.98. The average molecular weight is 253 g/mol. The minimum Gasteiger partial charge on any atom is -0.491 e. The van der Waals surface area contributed by atoms with E-state index in [2.05, 4.69) is 14.5 Å². The van der Waals surface area contributed by atoms with Crippen LogP contribution >= 0.6 is 0 Å². The van der Waals surface area contributed by atoms with E-state index in [0.29, 0.717) is 0 Å². The van der Waals surface area contributed by atoms with Crippen molar-refractivity contribution >= 4 is 6.29 Å². The summed E-state index contributed by atoms with van der Waals surface area (Å²) in [7, 11) is 1.02. The highest BCUT2D eigenvalue weighted by atomic mass is 19.4. The molecule has 0 bridgehead atoms. The Morgan fingerprint density at radius 1 is 1.47 bits per heavy atom. The van der Waals surface area contributed by atoms with Crippen LogP contribution in [0.4, 0.5) is 17.6 Å². The van der Waals surface area contributed by atoms with Gasteiger partial charge in [0.2, 0.25) is 0 Å². The molecule has 0 saturated heterocycles. The Bertz CT molecular complexity index is 419. The van der Waals surface area contributed by atoms with E-state index in [1.54, 1.807) is 0 Å². The first kappa shape index (κ1) is 13.2. The van der Waals surface area contributed by atoms with Crippen LogP contribution in [0.15, 0.2) is 6.20 Å². The molecule has 4 nitrogen and oxygen atoms in total. The average Bonchev–Trinajstić information content (AvgIpc) is 2.26. The van der Waals surface area contributed by atoms with Gasteiger partial charge < -0.3 is 9.47 Å². The number of carbonyl (C=O) groups excluding carboxylic acids is 1. The summed E-state index contributed by atoms with van der Waals surface area (Å²) in [5, 5.41) is 0. The van der Waals surface area contributed by atoms with Crippen molar-refractivity contribution in [1.82, 2.24) is 4.98 Å². The zero-order chi connectivity index (χ0) is 13.1. The van der Waals surface area contributed by atoms with Gasteiger partial charge in [0, 0.05) is 11.8 Å². The van der Waals surface area contributed by atoms with Crippen molar-refractivity contribution in [2.45, 2.75) is 13.0 Å². The van der Waals surface area contributed by atoms with Gasteiger partial charge in [-0.2, -0.15) is 0 Å². The van der Waals surface area contributed by atoms with E-state index in [9.17, 15) is 22.4 Å². The Labute approximate surface area is 93.2 Å². The maximum atomic E-state index is 12.4. The molecule has 8 heteroatoms. The summed E-state index contributed by atoms with van der Waals surface area (Å²) < 4.78 is 56.5. The van der Waals surface area contributed by atoms with Gasteiger partial charge in [-0.05, 0) is 0 Å². The zero-order valence-electron chi connectivity index (χ0n) is 8.55. The third-order valence-electron chi connectivity index (χ3n) is 1.80. The van der Waals surface area contributed by atoms with Crippen LogP contribution in [0.3, 0.4) is 0 Å². The molecular weight excluding hydrogens is 246 g/mol. The Morgan fingerprint density at radius 3 is 2.53 bits per heavy atom. The van der Waals surface area contributed by atoms with Gasteiger partial charge in [0.05, 0.1) is 12.7 Å². The van der Waals surface area contributed by atoms with Crippen LogP contribution in [0.2, 0.25) is 0 Å². The molecule has 1 heterocycles. The molecule has 1 aromatic rings. The van der Waals surface area contributed by atoms with Crippen molar-refractivity contribution in [2.24, 2.45) is 0 Å². The summed E-state index contributed by atoms with van der Waals surface area (Å²) in [5.74, 6) is -1.48. The van der Waals surface area contributed by atoms with E-state index in [0.717, 1.165) is 13.3 Å². The van der Waals surface area contributed by atoms with E-state index in [1.807, 2.05) is 0 Å². The first-order valence-corrected chi connectivity index (χ1v) is 4.25. The van der Waals surface area contributed by atoms with E-state index < -0.39 is 24.7 Å². The van der Waals surface area contributed by atoms with Gasteiger partial charge in [-0.1, -0.05) is 0 Å². The lowest BCUT2D eigenvalue weighted by Crippen LogP contribution is -2.19. The van der Waals surface area contributed by atoms with Crippen molar-refractivity contribution in [2.75, 3.05) is 7.11 Å². The van der Waals surface area contributed by atoms with Gasteiger partial charge in [-0.3, -0.25) is 4.79 Å². The van der Waals surface area contributed by atoms with Gasteiger partial charge in [-0.25, -0.2) is 9.37 Å². The molecule has 0 aliphatic carbocycles. The van der Waals surface area contributed by atoms with E-state index >= 15 is 0 Å². The zero-order valence-corrected chi connectivity index (χ0v) is 8.55. The number of halogens is 4. The van der Waals surface area contributed by atoms with Gasteiger partial charge in [-0.15, -0.1) is 13.2 Å². The summed E-state index contributed by atoms with van der Waals surface area (Å²) in [4.78, 5) is 13.9. The van der Waals surface area contributed by atoms with Crippen molar-refractivity contribution < 1.29 is 31.8 Å². The third-order valence-corrected chi connectivity index (χ3v) is 1.80. The molecule has 0 N–H and O–H groups in total. The van der Waals surface area contributed by atoms with Crippen molar-refractivity contribution in [3.8, 4) is 11.6 Å². The van der Waals surface area contributed by atoms with E-state index in [-0.39, 0.29) is 17.4 Å². The third kappa shape index (κ3) is 3.05. The summed E-state index contributed by atoms with van der Waals surface area (Å²) in [6.45, 7) is -1.05. The second-order valence-electron chi connectivity index (χ2n) is 2.83. The van der Waals surface area contributed by atoms with Crippen LogP contribution in [0.25, 0.3) is 0 Å². The highest BCUT2D eigenvalue weighted by molar-refractivity contribution is 5.82. The molecule has 0 unspecified atom stereocenters. The summed E-state index contributed by atoms with van der Waals surface area (Å²) in [6.07, 6.45) is -4.01. The van der Waals surface area contributed by atoms with Crippen LogP contribution in [-0.4, -0.2) is 24.7 Å². The van der Waals surface area contributed by atoms with Crippen LogP contribution in [0, 0.1) is 0 Å². The van der Waals surface area contributed by atoms with Crippen molar-refractivity contribution in [3.63, 3.8) is 0 Å². The van der Waals surface area contributed by atoms with Crippen molar-refractivity contribution in [3.05, 3.63) is 17.3 Å². The maximum Gasteiger partial charge on any atom is 0.574 e. The summed E-state index contributed by atoms with van der Waals surface area (Å²) in [6, 6.07) is 0. The number of hydrogen-bond donors (Lipinski definition) is 0. The van der Waals surface area contributed by atoms with E-state index in [1.165, 1.54) is 0 Å². The number of ether oxygens (including phenoxy) is 2. The predicted molar refractivity (Wildman–Crippen MR) is 47.7 cm³/mol. The standard InChI is InChI=1S/C9H7F4NO3/c1-16-7-6(4-15)5(2-10)3-14-8(7)17-9(11,12)13/h3-4H,2H2,1H3. The normalized spacial score (nSPS) is 11.1. The number of alkyl halides is 4. The molecule has 0 aromatic carbocycles. The molecular formula is C9H7F4NO3. The molecule has 0 spiro atoms. The largest absolute Gasteiger partial charge is 0.574 e. The number of hydrogen-bond acceptors (Lipinski definition) is 4. The smallest absolute Gasteiger partial charge is 0.491 e. The summed E-state index contributed by atoms with van der Waals surface area (Å²) >= 11 is 0.